The van der Waals surface area contributed by atoms with Gasteiger partial charge in [0.25, 0.3) is 0 Å². The van der Waals surface area contributed by atoms with Gasteiger partial charge in [0.05, 0.1) is 11.3 Å². The first kappa shape index (κ1) is 26.9. The van der Waals surface area contributed by atoms with Crippen molar-refractivity contribution >= 4 is 45.9 Å². The topological polar surface area (TPSA) is 3.24 Å². The number of hydrogen-bond donors (Lipinski definition) is 0. The third-order valence-electron chi connectivity index (χ3n) is 8.14. The average Bonchev–Trinajstić information content (AvgIpc) is 3.06. The third kappa shape index (κ3) is 3.88. The predicted molar refractivity (Wildman–Crippen MR) is 164 cm³/mol. The summed E-state index contributed by atoms with van der Waals surface area (Å²) in [6, 6.07) is 42.5. The predicted octanol–water partition coefficient (Wildman–Crippen LogP) is 7.21. The van der Waals surface area contributed by atoms with E-state index in [1.54, 1.807) is 12.1 Å². The van der Waals surface area contributed by atoms with Crippen molar-refractivity contribution in [1.82, 2.24) is 0 Å². The molecule has 7 rings (SSSR count). The van der Waals surface area contributed by atoms with Crippen LogP contribution in [-0.4, -0.2) is 8.07 Å². The lowest BCUT2D eigenvalue weighted by atomic mass is 9.99. The molecule has 0 spiro atoms. The van der Waals surface area contributed by atoms with Gasteiger partial charge in [-0.15, -0.1) is 0 Å². The molecule has 0 radical (unpaired) electrons. The van der Waals surface area contributed by atoms with Crippen molar-refractivity contribution in [2.45, 2.75) is 0 Å². The number of nitrogens with zero attached hydrogens (tertiary/aromatic N) is 1. The maximum atomic E-state index is 15.3. The van der Waals surface area contributed by atoms with Crippen molar-refractivity contribution in [2.75, 3.05) is 4.90 Å². The number of fused-ring (bicyclic) bond motifs is 2. The second kappa shape index (κ2) is 10.4. The first-order valence-electron chi connectivity index (χ1n) is 13.7. The van der Waals surface area contributed by atoms with Crippen LogP contribution in [0.4, 0.5) is 39.0 Å². The Bertz CT molecular complexity index is 1880. The zero-order valence-corrected chi connectivity index (χ0v) is 23.5. The normalized spacial score (nSPS) is 13.4. The molecule has 0 saturated carbocycles. The molecule has 210 valence electrons. The van der Waals surface area contributed by atoms with Crippen molar-refractivity contribution < 1.29 is 22.0 Å². The summed E-state index contributed by atoms with van der Waals surface area (Å²) in [5.41, 5.74) is 0.721. The first-order chi connectivity index (χ1) is 21.0. The molecule has 6 aromatic carbocycles. The quantitative estimate of drug-likeness (QED) is 0.0905. The van der Waals surface area contributed by atoms with Crippen molar-refractivity contribution in [3.63, 3.8) is 0 Å². The maximum Gasteiger partial charge on any atom is 0.200 e. The Morgan fingerprint density at radius 2 is 0.744 bits per heavy atom. The molecule has 0 fully saturated rings. The molecule has 0 aliphatic carbocycles. The Kier molecular flexibility index (Phi) is 6.47. The highest BCUT2D eigenvalue weighted by Gasteiger charge is 2.49. The second-order valence-electron chi connectivity index (χ2n) is 10.3. The molecule has 0 bridgehead atoms. The summed E-state index contributed by atoms with van der Waals surface area (Å²) >= 11 is 0. The summed E-state index contributed by atoms with van der Waals surface area (Å²) in [6.07, 6.45) is 0. The average molecular weight is 592 g/mol. The van der Waals surface area contributed by atoms with E-state index >= 15 is 8.78 Å². The van der Waals surface area contributed by atoms with Gasteiger partial charge in [-0.1, -0.05) is 115 Å². The fourth-order valence-electron chi connectivity index (χ4n) is 6.39. The second-order valence-corrected chi connectivity index (χ2v) is 14.0. The smallest absolute Gasteiger partial charge is 0.200 e. The summed E-state index contributed by atoms with van der Waals surface area (Å²) < 4.78 is 73.5. The summed E-state index contributed by atoms with van der Waals surface area (Å²) in [4.78, 5) is 1.87. The standard InChI is InChI=1S/C36H22F5NSi/c37-32-31(33(38)35(40)36(41)34(32)39)25-17-7-8-18-26(25)42-27-19-9-11-21-29(27)43(23-13-3-1-4-14-23,24-15-5-2-6-16-24)30-22-12-10-20-28(30)42/h1-22H. The number of halogens is 5. The van der Waals surface area contributed by atoms with Gasteiger partial charge in [0, 0.05) is 16.9 Å². The first-order valence-corrected chi connectivity index (χ1v) is 15.7. The van der Waals surface area contributed by atoms with E-state index in [0.717, 1.165) is 32.1 Å². The highest BCUT2D eigenvalue weighted by Crippen LogP contribution is 2.44. The minimum atomic E-state index is -2.95. The van der Waals surface area contributed by atoms with Crippen LogP contribution in [0, 0.1) is 29.1 Å². The molecule has 1 aliphatic heterocycles. The van der Waals surface area contributed by atoms with Crippen molar-refractivity contribution in [3.8, 4) is 11.1 Å². The van der Waals surface area contributed by atoms with Gasteiger partial charge in [-0.3, -0.25) is 0 Å². The molecule has 1 aliphatic rings. The van der Waals surface area contributed by atoms with E-state index in [4.69, 9.17) is 0 Å². The van der Waals surface area contributed by atoms with Crippen LogP contribution in [0.25, 0.3) is 11.1 Å². The van der Waals surface area contributed by atoms with Crippen molar-refractivity contribution in [2.24, 2.45) is 0 Å². The molecule has 0 amide bonds. The van der Waals surface area contributed by atoms with E-state index in [2.05, 4.69) is 36.4 Å². The van der Waals surface area contributed by atoms with E-state index in [0.29, 0.717) is 0 Å². The Morgan fingerprint density at radius 1 is 0.372 bits per heavy atom. The van der Waals surface area contributed by atoms with E-state index in [1.807, 2.05) is 77.7 Å². The fourth-order valence-corrected chi connectivity index (χ4v) is 11.5. The number of hydrogen-bond acceptors (Lipinski definition) is 1. The highest BCUT2D eigenvalue weighted by atomic mass is 28.3. The van der Waals surface area contributed by atoms with Crippen LogP contribution >= 0.6 is 0 Å². The fraction of sp³-hybridized carbons (Fsp3) is 0. The summed E-state index contributed by atoms with van der Waals surface area (Å²) in [7, 11) is -2.95. The maximum absolute atomic E-state index is 15.3. The van der Waals surface area contributed by atoms with Gasteiger partial charge in [-0.2, -0.15) is 0 Å². The van der Waals surface area contributed by atoms with E-state index in [-0.39, 0.29) is 11.3 Å². The van der Waals surface area contributed by atoms with Crippen molar-refractivity contribution in [1.29, 1.82) is 0 Å². The number of anilines is 3. The van der Waals surface area contributed by atoms with Gasteiger partial charge in [-0.25, -0.2) is 22.0 Å². The van der Waals surface area contributed by atoms with Crippen LogP contribution in [0.3, 0.4) is 0 Å². The van der Waals surface area contributed by atoms with E-state index in [9.17, 15) is 13.2 Å². The molecule has 1 heterocycles. The molecule has 0 aromatic heterocycles. The lowest BCUT2D eigenvalue weighted by Gasteiger charge is -2.45. The Labute approximate surface area is 246 Å². The molecule has 0 N–H and O–H groups in total. The Morgan fingerprint density at radius 3 is 1.23 bits per heavy atom. The largest absolute Gasteiger partial charge is 0.310 e. The van der Waals surface area contributed by atoms with E-state index < -0.39 is 42.7 Å². The molecular weight excluding hydrogens is 569 g/mol. The molecule has 6 aromatic rings. The Balaban J connectivity index is 1.59. The van der Waals surface area contributed by atoms with Gasteiger partial charge in [0.1, 0.15) is 0 Å². The summed E-state index contributed by atoms with van der Waals surface area (Å²) in [5.74, 6) is -9.91. The van der Waals surface area contributed by atoms with Gasteiger partial charge >= 0.3 is 0 Å². The van der Waals surface area contributed by atoms with Gasteiger partial charge in [-0.05, 0) is 38.9 Å². The highest BCUT2D eigenvalue weighted by molar-refractivity contribution is 7.21. The van der Waals surface area contributed by atoms with Crippen LogP contribution in [0.1, 0.15) is 0 Å². The molecular formula is C36H22F5NSi. The lowest BCUT2D eigenvalue weighted by Crippen LogP contribution is -2.77. The molecule has 0 saturated heterocycles. The molecule has 7 heteroatoms. The van der Waals surface area contributed by atoms with Gasteiger partial charge < -0.3 is 4.90 Å². The summed E-state index contributed by atoms with van der Waals surface area (Å²) in [6.45, 7) is 0. The van der Waals surface area contributed by atoms with Gasteiger partial charge in [0.2, 0.25) is 5.82 Å². The Hall–Kier alpha value is -5.01. The minimum Gasteiger partial charge on any atom is -0.310 e. The molecule has 43 heavy (non-hydrogen) atoms. The van der Waals surface area contributed by atoms with Crippen LogP contribution in [-0.2, 0) is 0 Å². The van der Waals surface area contributed by atoms with Crippen LogP contribution < -0.4 is 25.6 Å². The zero-order chi connectivity index (χ0) is 29.7. The third-order valence-corrected chi connectivity index (χ3v) is 13.0. The SMILES string of the molecule is Fc1c(F)c(F)c(-c2ccccc2N2c3ccccc3[Si](c3ccccc3)(c3ccccc3)c3ccccc32)c(F)c1F. The minimum absolute atomic E-state index is 0.117. The lowest BCUT2D eigenvalue weighted by molar-refractivity contribution is 0.381. The molecule has 0 atom stereocenters. The van der Waals surface area contributed by atoms with Crippen LogP contribution in [0.5, 0.6) is 0 Å². The molecule has 0 unspecified atom stereocenters. The van der Waals surface area contributed by atoms with Crippen LogP contribution in [0.15, 0.2) is 133 Å². The number of para-hydroxylation sites is 3. The van der Waals surface area contributed by atoms with Gasteiger partial charge in [0.15, 0.2) is 31.3 Å². The van der Waals surface area contributed by atoms with Crippen LogP contribution in [0.2, 0.25) is 0 Å². The van der Waals surface area contributed by atoms with E-state index in [1.165, 1.54) is 12.1 Å². The van der Waals surface area contributed by atoms with Crippen molar-refractivity contribution in [3.05, 3.63) is 163 Å². The number of rotatable bonds is 4. The molecule has 1 nitrogen and oxygen atoms in total. The zero-order valence-electron chi connectivity index (χ0n) is 22.5. The number of benzene rings is 6. The summed E-state index contributed by atoms with van der Waals surface area (Å²) in [5, 5.41) is 4.35. The monoisotopic (exact) mass is 591 g/mol.